The predicted octanol–water partition coefficient (Wildman–Crippen LogP) is 4.48. The van der Waals surface area contributed by atoms with E-state index in [9.17, 15) is 4.79 Å². The molecule has 0 fully saturated rings. The molecule has 1 aliphatic heterocycles. The number of allylic oxidation sites excluding steroid dienone is 3. The first-order chi connectivity index (χ1) is 9.90. The molecule has 0 saturated carbocycles. The summed E-state index contributed by atoms with van der Waals surface area (Å²) in [5.41, 5.74) is 5.00. The van der Waals surface area contributed by atoms with Gasteiger partial charge in [-0.25, -0.2) is 0 Å². The van der Waals surface area contributed by atoms with Crippen molar-refractivity contribution in [2.75, 3.05) is 0 Å². The smallest absolute Gasteiger partial charge is 0.142 e. The van der Waals surface area contributed by atoms with Crippen LogP contribution in [0.15, 0.2) is 71.7 Å². The van der Waals surface area contributed by atoms with Gasteiger partial charge in [0, 0.05) is 10.6 Å². The van der Waals surface area contributed by atoms with Crippen LogP contribution in [0.1, 0.15) is 16.7 Å². The molecule has 0 aromatic heterocycles. The van der Waals surface area contributed by atoms with Crippen molar-refractivity contribution in [3.63, 3.8) is 0 Å². The Labute approximate surface area is 123 Å². The fraction of sp³-hybridized carbons (Fsp3) is 0.0556. The van der Waals surface area contributed by atoms with Crippen LogP contribution in [0.5, 0.6) is 0 Å². The molecule has 98 valence electrons. The summed E-state index contributed by atoms with van der Waals surface area (Å²) in [6.07, 6.45) is 6.17. The standard InChI is InChI=1S/C18H14OS/c19-12-6-5-9-16-15-8-2-1-7-14(15)13-20-18-11-4-3-10-17(16)18/h1-12H,13H2/b6-5+,16-9-. The summed E-state index contributed by atoms with van der Waals surface area (Å²) in [5, 5.41) is 0. The van der Waals surface area contributed by atoms with Crippen molar-refractivity contribution in [2.45, 2.75) is 10.6 Å². The topological polar surface area (TPSA) is 17.1 Å². The third kappa shape index (κ3) is 2.47. The first kappa shape index (κ1) is 12.9. The van der Waals surface area contributed by atoms with Crippen molar-refractivity contribution in [1.82, 2.24) is 0 Å². The summed E-state index contributed by atoms with van der Waals surface area (Å²) in [4.78, 5) is 11.8. The summed E-state index contributed by atoms with van der Waals surface area (Å²) in [7, 11) is 0. The van der Waals surface area contributed by atoms with Crippen LogP contribution in [0, 0.1) is 0 Å². The summed E-state index contributed by atoms with van der Waals surface area (Å²) in [6.45, 7) is 0. The Morgan fingerprint density at radius 1 is 0.900 bits per heavy atom. The SMILES string of the molecule is O=C/C=C/C=C1/c2ccccc2CSc2ccccc21. The molecular weight excluding hydrogens is 264 g/mol. The van der Waals surface area contributed by atoms with Crippen molar-refractivity contribution >= 4 is 23.6 Å². The molecular formula is C18H14OS. The number of hydrogen-bond donors (Lipinski definition) is 0. The molecule has 1 aliphatic rings. The molecule has 3 rings (SSSR count). The molecule has 0 N–H and O–H groups in total. The summed E-state index contributed by atoms with van der Waals surface area (Å²) in [5.74, 6) is 0.974. The number of hydrogen-bond acceptors (Lipinski definition) is 2. The molecule has 1 nitrogen and oxygen atoms in total. The highest BCUT2D eigenvalue weighted by molar-refractivity contribution is 7.98. The van der Waals surface area contributed by atoms with Crippen LogP contribution in [0.3, 0.4) is 0 Å². The van der Waals surface area contributed by atoms with E-state index in [4.69, 9.17) is 0 Å². The van der Waals surface area contributed by atoms with E-state index >= 15 is 0 Å². The fourth-order valence-corrected chi connectivity index (χ4v) is 3.47. The van der Waals surface area contributed by atoms with Crippen molar-refractivity contribution in [2.24, 2.45) is 0 Å². The second-order valence-electron chi connectivity index (χ2n) is 4.54. The van der Waals surface area contributed by atoms with E-state index < -0.39 is 0 Å². The van der Waals surface area contributed by atoms with Gasteiger partial charge < -0.3 is 0 Å². The number of benzene rings is 2. The van der Waals surface area contributed by atoms with Crippen molar-refractivity contribution in [3.8, 4) is 0 Å². The molecule has 20 heavy (non-hydrogen) atoms. The average molecular weight is 278 g/mol. The Hall–Kier alpha value is -2.06. The minimum absolute atomic E-state index is 0.806. The minimum Gasteiger partial charge on any atom is -0.299 e. The van der Waals surface area contributed by atoms with Crippen LogP contribution in [0.2, 0.25) is 0 Å². The van der Waals surface area contributed by atoms with E-state index in [1.807, 2.05) is 23.9 Å². The highest BCUT2D eigenvalue weighted by atomic mass is 32.2. The van der Waals surface area contributed by atoms with E-state index in [0.717, 1.165) is 12.0 Å². The lowest BCUT2D eigenvalue weighted by Crippen LogP contribution is -1.91. The van der Waals surface area contributed by atoms with Gasteiger partial charge in [0.1, 0.15) is 6.29 Å². The van der Waals surface area contributed by atoms with Crippen molar-refractivity contribution in [1.29, 1.82) is 0 Å². The average Bonchev–Trinajstić information content (AvgIpc) is 2.66. The van der Waals surface area contributed by atoms with Crippen LogP contribution in [0.4, 0.5) is 0 Å². The molecule has 0 amide bonds. The summed E-state index contributed by atoms with van der Waals surface area (Å²) >= 11 is 1.86. The number of rotatable bonds is 2. The van der Waals surface area contributed by atoms with Crippen molar-refractivity contribution in [3.05, 3.63) is 83.4 Å². The molecule has 0 saturated heterocycles. The third-order valence-electron chi connectivity index (χ3n) is 3.32. The zero-order valence-electron chi connectivity index (χ0n) is 11.0. The number of thioether (sulfide) groups is 1. The van der Waals surface area contributed by atoms with Gasteiger partial charge >= 0.3 is 0 Å². The molecule has 1 heterocycles. The van der Waals surface area contributed by atoms with Gasteiger partial charge in [0.15, 0.2) is 0 Å². The first-order valence-electron chi connectivity index (χ1n) is 6.53. The van der Waals surface area contributed by atoms with Crippen LogP contribution in [-0.2, 0) is 10.5 Å². The molecule has 2 heteroatoms. The first-order valence-corrected chi connectivity index (χ1v) is 7.51. The van der Waals surface area contributed by atoms with Crippen LogP contribution in [-0.4, -0.2) is 6.29 Å². The Kier molecular flexibility index (Phi) is 3.84. The molecule has 0 atom stereocenters. The van der Waals surface area contributed by atoms with Crippen LogP contribution < -0.4 is 0 Å². The highest BCUT2D eigenvalue weighted by Gasteiger charge is 2.16. The number of fused-ring (bicyclic) bond motifs is 2. The monoisotopic (exact) mass is 278 g/mol. The Morgan fingerprint density at radius 3 is 2.50 bits per heavy atom. The minimum atomic E-state index is 0.806. The van der Waals surface area contributed by atoms with Gasteiger partial charge in [-0.15, -0.1) is 11.8 Å². The maximum atomic E-state index is 10.5. The van der Waals surface area contributed by atoms with Crippen LogP contribution in [0.25, 0.3) is 5.57 Å². The molecule has 0 unspecified atom stereocenters. The van der Waals surface area contributed by atoms with E-state index in [1.54, 1.807) is 0 Å². The maximum Gasteiger partial charge on any atom is 0.142 e. The molecule has 0 aliphatic carbocycles. The van der Waals surface area contributed by atoms with E-state index in [2.05, 4.69) is 48.5 Å². The van der Waals surface area contributed by atoms with E-state index in [1.165, 1.54) is 33.2 Å². The van der Waals surface area contributed by atoms with Gasteiger partial charge in [-0.3, -0.25) is 4.79 Å². The van der Waals surface area contributed by atoms with E-state index in [-0.39, 0.29) is 0 Å². The van der Waals surface area contributed by atoms with Gasteiger partial charge in [-0.2, -0.15) is 0 Å². The van der Waals surface area contributed by atoms with Crippen molar-refractivity contribution < 1.29 is 4.79 Å². The second-order valence-corrected chi connectivity index (χ2v) is 5.56. The largest absolute Gasteiger partial charge is 0.299 e. The normalized spacial score (nSPS) is 15.7. The third-order valence-corrected chi connectivity index (χ3v) is 4.44. The van der Waals surface area contributed by atoms with Gasteiger partial charge in [-0.1, -0.05) is 54.6 Å². The van der Waals surface area contributed by atoms with Crippen LogP contribution >= 0.6 is 11.8 Å². The maximum absolute atomic E-state index is 10.5. The lowest BCUT2D eigenvalue weighted by atomic mass is 9.94. The summed E-state index contributed by atoms with van der Waals surface area (Å²) < 4.78 is 0. The number of carbonyl (C=O) groups excluding carboxylic acids is 1. The highest BCUT2D eigenvalue weighted by Crippen LogP contribution is 2.39. The van der Waals surface area contributed by atoms with Gasteiger partial charge in [0.05, 0.1) is 0 Å². The fourth-order valence-electron chi connectivity index (χ4n) is 2.40. The molecule has 0 spiro atoms. The second kappa shape index (κ2) is 5.93. The number of carbonyl (C=O) groups is 1. The zero-order valence-corrected chi connectivity index (χ0v) is 11.8. The lowest BCUT2D eigenvalue weighted by Gasteiger charge is -2.10. The quantitative estimate of drug-likeness (QED) is 0.595. The zero-order chi connectivity index (χ0) is 13.8. The predicted molar refractivity (Wildman–Crippen MR) is 84.7 cm³/mol. The Morgan fingerprint density at radius 2 is 1.65 bits per heavy atom. The Balaban J connectivity index is 2.21. The van der Waals surface area contributed by atoms with Gasteiger partial charge in [0.25, 0.3) is 0 Å². The lowest BCUT2D eigenvalue weighted by molar-refractivity contribution is -0.104. The molecule has 2 aromatic rings. The Bertz CT molecular complexity index is 649. The van der Waals surface area contributed by atoms with E-state index in [0.29, 0.717) is 0 Å². The number of aldehydes is 1. The molecule has 0 radical (unpaired) electrons. The van der Waals surface area contributed by atoms with Gasteiger partial charge in [0.2, 0.25) is 0 Å². The summed E-state index contributed by atoms with van der Waals surface area (Å²) in [6, 6.07) is 16.9. The molecule has 2 aromatic carbocycles. The molecule has 0 bridgehead atoms. The van der Waals surface area contributed by atoms with Gasteiger partial charge in [-0.05, 0) is 34.4 Å².